The highest BCUT2D eigenvalue weighted by molar-refractivity contribution is 5.84. The topological polar surface area (TPSA) is 67.6 Å². The molecule has 3 atom stereocenters. The summed E-state index contributed by atoms with van der Waals surface area (Å²) >= 11 is 0. The molecule has 2 fully saturated rings. The van der Waals surface area contributed by atoms with Crippen molar-refractivity contribution in [2.75, 3.05) is 19.8 Å². The first kappa shape index (κ1) is 23.5. The van der Waals surface area contributed by atoms with Gasteiger partial charge in [-0.3, -0.25) is 4.79 Å². The van der Waals surface area contributed by atoms with Gasteiger partial charge in [0.05, 0.1) is 11.0 Å². The summed E-state index contributed by atoms with van der Waals surface area (Å²) in [4.78, 5) is 15.5. The molecule has 1 saturated heterocycles. The Balaban J connectivity index is 1.52. The number of carbonyl (C=O) groups excluding carboxylic acids is 1. The fourth-order valence-corrected chi connectivity index (χ4v) is 5.74. The molecule has 0 bridgehead atoms. The summed E-state index contributed by atoms with van der Waals surface area (Å²) < 4.78 is 45.1. The molecule has 2 aliphatic heterocycles. The Hall–Kier alpha value is -1.64. The Bertz CT molecular complexity index is 838. The van der Waals surface area contributed by atoms with Gasteiger partial charge in [-0.1, -0.05) is 19.9 Å². The minimum atomic E-state index is -4.42. The molecular formula is C24H34F3N3O2. The average molecular weight is 454 g/mol. The van der Waals surface area contributed by atoms with Crippen LogP contribution in [0, 0.1) is 11.3 Å². The lowest BCUT2D eigenvalue weighted by Gasteiger charge is -2.41. The second kappa shape index (κ2) is 8.95. The first-order chi connectivity index (χ1) is 15.1. The summed E-state index contributed by atoms with van der Waals surface area (Å²) in [5.41, 5.74) is 6.30. The molecule has 3 aliphatic rings. The van der Waals surface area contributed by atoms with Gasteiger partial charge < -0.3 is 20.7 Å². The molecule has 1 aromatic carbocycles. The van der Waals surface area contributed by atoms with E-state index in [9.17, 15) is 18.0 Å². The number of rotatable bonds is 4. The molecule has 0 spiro atoms. The van der Waals surface area contributed by atoms with E-state index in [-0.39, 0.29) is 24.4 Å². The van der Waals surface area contributed by atoms with E-state index >= 15 is 0 Å². The minimum absolute atomic E-state index is 0.0299. The van der Waals surface area contributed by atoms with Gasteiger partial charge in [-0.2, -0.15) is 13.2 Å². The van der Waals surface area contributed by atoms with E-state index in [0.717, 1.165) is 57.5 Å². The summed E-state index contributed by atoms with van der Waals surface area (Å²) in [5.74, 6) is 0.165. The van der Waals surface area contributed by atoms with Gasteiger partial charge in [-0.15, -0.1) is 0 Å². The lowest BCUT2D eigenvalue weighted by Crippen LogP contribution is -2.50. The van der Waals surface area contributed by atoms with Crippen LogP contribution in [0.2, 0.25) is 0 Å². The van der Waals surface area contributed by atoms with Gasteiger partial charge in [0.15, 0.2) is 0 Å². The van der Waals surface area contributed by atoms with Crippen LogP contribution in [0.4, 0.5) is 13.2 Å². The lowest BCUT2D eigenvalue weighted by molar-refractivity contribution is -0.146. The number of nitrogens with one attached hydrogen (secondary N) is 1. The number of carbonyl (C=O) groups is 1. The zero-order valence-electron chi connectivity index (χ0n) is 18.9. The Kier molecular flexibility index (Phi) is 6.58. The number of amides is 1. The van der Waals surface area contributed by atoms with Crippen molar-refractivity contribution in [3.63, 3.8) is 0 Å². The van der Waals surface area contributed by atoms with Crippen molar-refractivity contribution in [3.05, 3.63) is 34.9 Å². The van der Waals surface area contributed by atoms with Gasteiger partial charge in [0, 0.05) is 44.4 Å². The fourth-order valence-electron chi connectivity index (χ4n) is 5.74. The van der Waals surface area contributed by atoms with Gasteiger partial charge >= 0.3 is 6.18 Å². The molecule has 1 amide bonds. The quantitative estimate of drug-likeness (QED) is 0.723. The molecule has 1 aromatic rings. The number of fused-ring (bicyclic) bond motifs is 1. The number of hydrogen-bond acceptors (Lipinski definition) is 4. The van der Waals surface area contributed by atoms with Crippen molar-refractivity contribution < 1.29 is 22.7 Å². The second-order valence-corrected chi connectivity index (χ2v) is 10.0. The fraction of sp³-hybridized carbons (Fsp3) is 0.708. The number of alkyl halides is 3. The van der Waals surface area contributed by atoms with Crippen LogP contribution >= 0.6 is 0 Å². The zero-order valence-corrected chi connectivity index (χ0v) is 18.9. The van der Waals surface area contributed by atoms with Gasteiger partial charge in [-0.05, 0) is 61.3 Å². The van der Waals surface area contributed by atoms with Crippen LogP contribution in [0.25, 0.3) is 0 Å². The molecule has 1 unspecified atom stereocenters. The Morgan fingerprint density at radius 1 is 1.22 bits per heavy atom. The maximum atomic E-state index is 13.8. The summed E-state index contributed by atoms with van der Waals surface area (Å²) in [6, 6.07) is 3.91. The van der Waals surface area contributed by atoms with Gasteiger partial charge in [0.1, 0.15) is 0 Å². The van der Waals surface area contributed by atoms with E-state index in [2.05, 4.69) is 19.2 Å². The number of nitrogens with two attached hydrogens (primary N) is 1. The highest BCUT2D eigenvalue weighted by Gasteiger charge is 2.50. The molecule has 1 saturated carbocycles. The third kappa shape index (κ3) is 4.54. The predicted molar refractivity (Wildman–Crippen MR) is 116 cm³/mol. The van der Waals surface area contributed by atoms with Crippen LogP contribution in [0.1, 0.15) is 68.7 Å². The van der Waals surface area contributed by atoms with E-state index in [4.69, 9.17) is 10.5 Å². The van der Waals surface area contributed by atoms with Crippen LogP contribution in [-0.4, -0.2) is 42.6 Å². The summed E-state index contributed by atoms with van der Waals surface area (Å²) in [6.07, 6.45) is 0.0134. The highest BCUT2D eigenvalue weighted by atomic mass is 19.4. The molecule has 0 radical (unpaired) electrons. The summed E-state index contributed by atoms with van der Waals surface area (Å²) in [7, 11) is 0. The third-order valence-corrected chi connectivity index (χ3v) is 7.71. The second-order valence-electron chi connectivity index (χ2n) is 10.0. The Morgan fingerprint density at radius 3 is 2.59 bits per heavy atom. The van der Waals surface area contributed by atoms with Gasteiger partial charge in [0.25, 0.3) is 0 Å². The number of benzene rings is 1. The van der Waals surface area contributed by atoms with Crippen molar-refractivity contribution in [3.8, 4) is 0 Å². The Morgan fingerprint density at radius 2 is 1.94 bits per heavy atom. The van der Waals surface area contributed by atoms with Crippen LogP contribution in [-0.2, 0) is 22.3 Å². The Labute approximate surface area is 187 Å². The molecule has 1 aliphatic carbocycles. The molecule has 5 nitrogen and oxygen atoms in total. The zero-order chi connectivity index (χ0) is 23.1. The van der Waals surface area contributed by atoms with E-state index < -0.39 is 23.2 Å². The van der Waals surface area contributed by atoms with E-state index in [0.29, 0.717) is 23.7 Å². The number of hydrogen-bond donors (Lipinski definition) is 2. The average Bonchev–Trinajstić information content (AvgIpc) is 3.18. The normalized spacial score (nSPS) is 29.4. The SMILES string of the molecule is CC(C)[C@]1(C(=O)N2Cc3cc(C(F)(F)F)ccc3C(N)C2)CC[C@@H](NC2CCOCC2)C1. The molecule has 3 N–H and O–H groups in total. The van der Waals surface area contributed by atoms with Crippen LogP contribution in [0.15, 0.2) is 18.2 Å². The number of ether oxygens (including phenoxy) is 1. The monoisotopic (exact) mass is 453 g/mol. The predicted octanol–water partition coefficient (Wildman–Crippen LogP) is 4.01. The standard InChI is InChI=1S/C24H34F3N3O2/c1-15(2)23(8-5-19(12-23)29-18-6-9-32-10-7-18)22(31)30-13-16-11-17(24(25,26)27)3-4-20(16)21(28)14-30/h3-4,11,15,18-19,21,29H,5-10,12-14,28H2,1-2H3/t19-,21?,23+/m1/s1. The largest absolute Gasteiger partial charge is 0.416 e. The smallest absolute Gasteiger partial charge is 0.381 e. The van der Waals surface area contributed by atoms with Crippen molar-refractivity contribution in [1.82, 2.24) is 10.2 Å². The first-order valence-electron chi connectivity index (χ1n) is 11.7. The van der Waals surface area contributed by atoms with Gasteiger partial charge in [0.2, 0.25) is 5.91 Å². The minimum Gasteiger partial charge on any atom is -0.381 e. The molecule has 32 heavy (non-hydrogen) atoms. The molecule has 2 heterocycles. The van der Waals surface area contributed by atoms with Crippen LogP contribution in [0.5, 0.6) is 0 Å². The van der Waals surface area contributed by atoms with E-state index in [1.165, 1.54) is 6.07 Å². The molecular weight excluding hydrogens is 419 g/mol. The van der Waals surface area contributed by atoms with E-state index in [1.807, 2.05) is 0 Å². The van der Waals surface area contributed by atoms with Crippen molar-refractivity contribution in [2.24, 2.45) is 17.1 Å². The summed E-state index contributed by atoms with van der Waals surface area (Å²) in [5, 5.41) is 3.73. The van der Waals surface area contributed by atoms with Crippen LogP contribution in [0.3, 0.4) is 0 Å². The maximum absolute atomic E-state index is 13.8. The highest BCUT2D eigenvalue weighted by Crippen LogP contribution is 2.47. The van der Waals surface area contributed by atoms with Gasteiger partial charge in [-0.25, -0.2) is 0 Å². The molecule has 0 aromatic heterocycles. The molecule has 8 heteroatoms. The maximum Gasteiger partial charge on any atom is 0.416 e. The third-order valence-electron chi connectivity index (χ3n) is 7.71. The van der Waals surface area contributed by atoms with Crippen molar-refractivity contribution in [1.29, 1.82) is 0 Å². The van der Waals surface area contributed by atoms with E-state index in [1.54, 1.807) is 4.90 Å². The summed E-state index contributed by atoms with van der Waals surface area (Å²) in [6.45, 7) is 6.21. The molecule has 178 valence electrons. The lowest BCUT2D eigenvalue weighted by atomic mass is 9.73. The number of nitrogens with zero attached hydrogens (tertiary/aromatic N) is 1. The van der Waals surface area contributed by atoms with Crippen LogP contribution < -0.4 is 11.1 Å². The molecule has 4 rings (SSSR count). The van der Waals surface area contributed by atoms with Crippen molar-refractivity contribution in [2.45, 2.75) is 76.8 Å². The number of halogens is 3. The van der Waals surface area contributed by atoms with Crippen molar-refractivity contribution >= 4 is 5.91 Å². The first-order valence-corrected chi connectivity index (χ1v) is 11.7.